The lowest BCUT2D eigenvalue weighted by atomic mass is 9.74. The van der Waals surface area contributed by atoms with Crippen LogP contribution in [0.4, 0.5) is 5.95 Å². The number of pyridine rings is 1. The summed E-state index contributed by atoms with van der Waals surface area (Å²) in [5, 5.41) is 9.16. The Balaban J connectivity index is 1.42. The molecule has 1 aliphatic heterocycles. The van der Waals surface area contributed by atoms with Crippen LogP contribution in [-0.4, -0.2) is 43.7 Å². The quantitative estimate of drug-likeness (QED) is 0.678. The summed E-state index contributed by atoms with van der Waals surface area (Å²) in [6, 6.07) is 2.26. The van der Waals surface area contributed by atoms with Crippen LogP contribution in [0.1, 0.15) is 37.8 Å². The van der Waals surface area contributed by atoms with E-state index in [2.05, 4.69) is 20.1 Å². The van der Waals surface area contributed by atoms with Crippen LogP contribution in [0.5, 0.6) is 0 Å². The number of aromatic nitrogens is 5. The van der Waals surface area contributed by atoms with E-state index >= 15 is 0 Å². The van der Waals surface area contributed by atoms with Crippen LogP contribution in [0.25, 0.3) is 5.65 Å². The number of piperidine rings is 1. The van der Waals surface area contributed by atoms with Gasteiger partial charge in [-0.05, 0) is 44.1 Å². The molecule has 0 unspecified atom stereocenters. The molecule has 7 nitrogen and oxygen atoms in total. The van der Waals surface area contributed by atoms with E-state index in [9.17, 15) is 0 Å². The SMILES string of the molecule is Cc1nccc(Sc2cnc(N3CCC4(CCC[C@H]4N)CC3)n3cnnc23)c1Cl. The molecule has 2 N–H and O–H groups in total. The van der Waals surface area contributed by atoms with Gasteiger partial charge < -0.3 is 10.6 Å². The molecule has 1 saturated heterocycles. The highest BCUT2D eigenvalue weighted by molar-refractivity contribution is 7.99. The first kappa shape index (κ1) is 19.1. The van der Waals surface area contributed by atoms with Crippen molar-refractivity contribution in [3.8, 4) is 0 Å². The summed E-state index contributed by atoms with van der Waals surface area (Å²) < 4.78 is 1.98. The second-order valence-corrected chi connectivity index (χ2v) is 9.57. The van der Waals surface area contributed by atoms with Crippen LogP contribution >= 0.6 is 23.4 Å². The van der Waals surface area contributed by atoms with Crippen LogP contribution in [0.15, 0.2) is 34.6 Å². The Kier molecular flexibility index (Phi) is 4.88. The fourth-order valence-corrected chi connectivity index (χ4v) is 5.92. The third-order valence-corrected chi connectivity index (χ3v) is 8.20. The molecule has 0 radical (unpaired) electrons. The molecule has 2 aliphatic rings. The molecule has 1 aliphatic carbocycles. The summed E-state index contributed by atoms with van der Waals surface area (Å²) in [5.41, 5.74) is 8.38. The molecule has 0 amide bonds. The van der Waals surface area contributed by atoms with E-state index in [1.54, 1.807) is 24.3 Å². The lowest BCUT2D eigenvalue weighted by molar-refractivity contribution is 0.197. The highest BCUT2D eigenvalue weighted by Crippen LogP contribution is 2.46. The Morgan fingerprint density at radius 2 is 2.03 bits per heavy atom. The smallest absolute Gasteiger partial charge is 0.212 e. The first-order valence-corrected chi connectivity index (χ1v) is 11.3. The standard InChI is InChI=1S/C20H24ClN7S/c1-13-17(21)14(4-8-23-13)29-15-11-24-19(28-12-25-26-18(15)28)27-9-6-20(7-10-27)5-2-3-16(20)22/h4,8,11-12,16H,2-3,5-7,9-10,22H2,1H3/t16-/m1/s1. The third-order valence-electron chi connectivity index (χ3n) is 6.55. The molecule has 152 valence electrons. The van der Waals surface area contributed by atoms with Crippen molar-refractivity contribution in [1.82, 2.24) is 24.6 Å². The fourth-order valence-electron chi connectivity index (χ4n) is 4.75. The zero-order chi connectivity index (χ0) is 20.0. The van der Waals surface area contributed by atoms with Gasteiger partial charge in [-0.25, -0.2) is 9.38 Å². The van der Waals surface area contributed by atoms with E-state index in [-0.39, 0.29) is 0 Å². The minimum absolute atomic E-state index is 0.328. The lowest BCUT2D eigenvalue weighted by Gasteiger charge is -2.42. The molecule has 3 aromatic heterocycles. The van der Waals surface area contributed by atoms with Gasteiger partial charge >= 0.3 is 0 Å². The molecule has 3 aromatic rings. The predicted octanol–water partition coefficient (Wildman–Crippen LogP) is 3.73. The maximum Gasteiger partial charge on any atom is 0.212 e. The number of aryl methyl sites for hydroxylation is 1. The number of hydrogen-bond donors (Lipinski definition) is 1. The van der Waals surface area contributed by atoms with Gasteiger partial charge in [0.15, 0.2) is 5.65 Å². The highest BCUT2D eigenvalue weighted by Gasteiger charge is 2.43. The number of hydrogen-bond acceptors (Lipinski definition) is 7. The van der Waals surface area contributed by atoms with Crippen molar-refractivity contribution in [3.63, 3.8) is 0 Å². The number of rotatable bonds is 3. The maximum atomic E-state index is 6.44. The fraction of sp³-hybridized carbons (Fsp3) is 0.500. The van der Waals surface area contributed by atoms with Crippen LogP contribution in [0.2, 0.25) is 5.02 Å². The van der Waals surface area contributed by atoms with Crippen molar-refractivity contribution in [2.24, 2.45) is 11.1 Å². The monoisotopic (exact) mass is 429 g/mol. The van der Waals surface area contributed by atoms with Crippen LogP contribution < -0.4 is 10.6 Å². The predicted molar refractivity (Wildman–Crippen MR) is 115 cm³/mol. The molecular weight excluding hydrogens is 406 g/mol. The molecular formula is C20H24ClN7S. The van der Waals surface area contributed by atoms with Gasteiger partial charge in [0.2, 0.25) is 5.95 Å². The van der Waals surface area contributed by atoms with Crippen LogP contribution in [-0.2, 0) is 0 Å². The summed E-state index contributed by atoms with van der Waals surface area (Å²) in [4.78, 5) is 13.2. The van der Waals surface area contributed by atoms with Crippen LogP contribution in [0, 0.1) is 12.3 Å². The Morgan fingerprint density at radius 1 is 1.21 bits per heavy atom. The number of fused-ring (bicyclic) bond motifs is 1. The number of anilines is 1. The third kappa shape index (κ3) is 3.27. The van der Waals surface area contributed by atoms with Gasteiger partial charge in [0.25, 0.3) is 0 Å². The Bertz CT molecular complexity index is 1040. The van der Waals surface area contributed by atoms with Gasteiger partial charge in [-0.1, -0.05) is 29.8 Å². The zero-order valence-corrected chi connectivity index (χ0v) is 18.0. The molecule has 0 bridgehead atoms. The summed E-state index contributed by atoms with van der Waals surface area (Å²) >= 11 is 7.97. The average Bonchev–Trinajstić information content (AvgIpc) is 3.35. The largest absolute Gasteiger partial charge is 0.342 e. The van der Waals surface area contributed by atoms with Gasteiger partial charge in [0.05, 0.1) is 15.6 Å². The molecule has 0 aromatic carbocycles. The van der Waals surface area contributed by atoms with Crippen molar-refractivity contribution >= 4 is 35.0 Å². The molecule has 4 heterocycles. The van der Waals surface area contributed by atoms with Gasteiger partial charge in [-0.3, -0.25) is 4.98 Å². The molecule has 2 fully saturated rings. The lowest BCUT2D eigenvalue weighted by Crippen LogP contribution is -2.47. The second-order valence-electron chi connectivity index (χ2n) is 8.11. The van der Waals surface area contributed by atoms with Crippen molar-refractivity contribution in [1.29, 1.82) is 0 Å². The summed E-state index contributed by atoms with van der Waals surface area (Å²) in [5.74, 6) is 0.896. The number of nitrogens with two attached hydrogens (primary N) is 1. The maximum absolute atomic E-state index is 6.44. The Labute approximate surface area is 179 Å². The van der Waals surface area contributed by atoms with Crippen molar-refractivity contribution in [3.05, 3.63) is 35.5 Å². The Morgan fingerprint density at radius 3 is 2.79 bits per heavy atom. The van der Waals surface area contributed by atoms with Gasteiger partial charge in [0, 0.05) is 36.4 Å². The first-order chi connectivity index (χ1) is 14.1. The van der Waals surface area contributed by atoms with Crippen molar-refractivity contribution in [2.45, 2.75) is 54.9 Å². The number of nitrogens with zero attached hydrogens (tertiary/aromatic N) is 6. The van der Waals surface area contributed by atoms with E-state index in [1.807, 2.05) is 23.6 Å². The molecule has 1 atom stereocenters. The van der Waals surface area contributed by atoms with Crippen molar-refractivity contribution < 1.29 is 0 Å². The average molecular weight is 430 g/mol. The molecule has 9 heteroatoms. The molecule has 1 spiro atoms. The summed E-state index contributed by atoms with van der Waals surface area (Å²) in [7, 11) is 0. The van der Waals surface area contributed by atoms with E-state index in [1.165, 1.54) is 12.8 Å². The first-order valence-electron chi connectivity index (χ1n) is 10.1. The van der Waals surface area contributed by atoms with Crippen LogP contribution in [0.3, 0.4) is 0 Å². The zero-order valence-electron chi connectivity index (χ0n) is 16.4. The Hall–Kier alpha value is -1.90. The van der Waals surface area contributed by atoms with E-state index in [0.29, 0.717) is 16.5 Å². The van der Waals surface area contributed by atoms with E-state index in [0.717, 1.165) is 59.4 Å². The van der Waals surface area contributed by atoms with E-state index in [4.69, 9.17) is 22.3 Å². The van der Waals surface area contributed by atoms with Gasteiger partial charge in [0.1, 0.15) is 6.33 Å². The van der Waals surface area contributed by atoms with Crippen molar-refractivity contribution in [2.75, 3.05) is 18.0 Å². The van der Waals surface area contributed by atoms with E-state index < -0.39 is 0 Å². The minimum Gasteiger partial charge on any atom is -0.342 e. The topological polar surface area (TPSA) is 85.2 Å². The summed E-state index contributed by atoms with van der Waals surface area (Å²) in [6.45, 7) is 3.84. The highest BCUT2D eigenvalue weighted by atomic mass is 35.5. The molecule has 5 rings (SSSR count). The second kappa shape index (κ2) is 7.41. The number of halogens is 1. The minimum atomic E-state index is 0.328. The van der Waals surface area contributed by atoms with Gasteiger partial charge in [-0.2, -0.15) is 0 Å². The normalized spacial score (nSPS) is 21.3. The molecule has 1 saturated carbocycles. The summed E-state index contributed by atoms with van der Waals surface area (Å²) in [6.07, 6.45) is 11.3. The molecule has 29 heavy (non-hydrogen) atoms. The van der Waals surface area contributed by atoms with Gasteiger partial charge in [-0.15, -0.1) is 10.2 Å².